The van der Waals surface area contributed by atoms with Gasteiger partial charge in [0.15, 0.2) is 0 Å². The van der Waals surface area contributed by atoms with Crippen molar-refractivity contribution in [1.82, 2.24) is 4.57 Å². The number of carbonyl (C=O) groups is 2. The third-order valence-electron chi connectivity index (χ3n) is 7.27. The lowest BCUT2D eigenvalue weighted by Gasteiger charge is -2.16. The van der Waals surface area contributed by atoms with E-state index in [1.54, 1.807) is 0 Å². The molecule has 2 heterocycles. The maximum Gasteiger partial charge on any atom is 0.367 e. The predicted octanol–water partition coefficient (Wildman–Crippen LogP) is 8.51. The molecule has 6 heteroatoms. The average molecular weight is 535 g/mol. The third-order valence-corrected chi connectivity index (χ3v) is 7.27. The smallest absolute Gasteiger partial charge is 0.367 e. The molecule has 212 valence electrons. The normalized spacial score (nSPS) is 14.6. The molecule has 0 aliphatic carbocycles. The Bertz CT molecular complexity index is 1180. The summed E-state index contributed by atoms with van der Waals surface area (Å²) in [6.07, 6.45) is 14.4. The first-order chi connectivity index (χ1) is 18.6. The van der Waals surface area contributed by atoms with Gasteiger partial charge in [-0.05, 0) is 62.2 Å². The van der Waals surface area contributed by atoms with Gasteiger partial charge in [-0.3, -0.25) is 0 Å². The van der Waals surface area contributed by atoms with Gasteiger partial charge in [0.25, 0.3) is 0 Å². The highest BCUT2D eigenvalue weighted by molar-refractivity contribution is 6.26. The highest BCUT2D eigenvalue weighted by Crippen LogP contribution is 2.30. The highest BCUT2D eigenvalue weighted by atomic mass is 16.7. The molecule has 6 nitrogen and oxygen atoms in total. The Morgan fingerprint density at radius 2 is 1.54 bits per heavy atom. The molecule has 0 bridgehead atoms. The fourth-order valence-electron chi connectivity index (χ4n) is 5.02. The number of aryl methyl sites for hydroxylation is 1. The SMILES string of the molecule is CCCCCCCCCCCCOC(=O)c1ccc(-n2c(C)cc(C=C3C(=O)ON=C3C(C)(C)C)c2C)cc1. The molecule has 1 aromatic heterocycles. The van der Waals surface area contributed by atoms with E-state index in [0.717, 1.165) is 35.5 Å². The molecule has 2 aromatic rings. The molecule has 0 saturated carbocycles. The van der Waals surface area contributed by atoms with Gasteiger partial charge in [-0.15, -0.1) is 0 Å². The van der Waals surface area contributed by atoms with Crippen molar-refractivity contribution in [2.75, 3.05) is 6.61 Å². The number of oxime groups is 1. The maximum atomic E-state index is 12.5. The zero-order valence-corrected chi connectivity index (χ0v) is 24.8. The third kappa shape index (κ3) is 8.42. The van der Waals surface area contributed by atoms with Crippen molar-refractivity contribution in [2.24, 2.45) is 10.6 Å². The van der Waals surface area contributed by atoms with Crippen LogP contribution in [0.25, 0.3) is 11.8 Å². The van der Waals surface area contributed by atoms with Crippen LogP contribution in [0, 0.1) is 19.3 Å². The molecule has 3 rings (SSSR count). The van der Waals surface area contributed by atoms with Crippen LogP contribution in [0.3, 0.4) is 0 Å². The molecular weight excluding hydrogens is 488 g/mol. The van der Waals surface area contributed by atoms with E-state index in [2.05, 4.69) is 16.6 Å². The molecule has 0 unspecified atom stereocenters. The summed E-state index contributed by atoms with van der Waals surface area (Å²) in [6, 6.07) is 9.53. The van der Waals surface area contributed by atoms with E-state index in [0.29, 0.717) is 23.5 Å². The Kier molecular flexibility index (Phi) is 11.1. The highest BCUT2D eigenvalue weighted by Gasteiger charge is 2.34. The number of hydrogen-bond donors (Lipinski definition) is 0. The monoisotopic (exact) mass is 534 g/mol. The lowest BCUT2D eigenvalue weighted by molar-refractivity contribution is -0.136. The molecule has 1 aromatic carbocycles. The number of unbranched alkanes of at least 4 members (excludes halogenated alkanes) is 9. The van der Waals surface area contributed by atoms with Crippen LogP contribution in [-0.2, 0) is 14.4 Å². The number of aromatic nitrogens is 1. The standard InChI is InChI=1S/C33H46N2O4/c1-7-8-9-10-11-12-13-14-15-16-21-38-31(36)26-17-19-28(20-18-26)35-24(2)22-27(25(35)3)23-29-30(33(4,5)6)34-39-32(29)37/h17-20,22-23H,7-16,21H2,1-6H3. The first-order valence-corrected chi connectivity index (χ1v) is 14.6. The van der Waals surface area contributed by atoms with Gasteiger partial charge in [0, 0.05) is 22.5 Å². The van der Waals surface area contributed by atoms with Gasteiger partial charge in [0.1, 0.15) is 5.71 Å². The van der Waals surface area contributed by atoms with Crippen molar-refractivity contribution in [1.29, 1.82) is 0 Å². The second kappa shape index (κ2) is 14.3. The van der Waals surface area contributed by atoms with Crippen molar-refractivity contribution >= 4 is 23.7 Å². The molecular formula is C33H46N2O4. The Balaban J connectivity index is 1.53. The number of nitrogens with zero attached hydrogens (tertiary/aromatic N) is 2. The minimum Gasteiger partial charge on any atom is -0.462 e. The first-order valence-electron chi connectivity index (χ1n) is 14.6. The van der Waals surface area contributed by atoms with Crippen LogP contribution < -0.4 is 0 Å². The minimum absolute atomic E-state index is 0.280. The molecule has 0 amide bonds. The number of ether oxygens (including phenoxy) is 1. The summed E-state index contributed by atoms with van der Waals surface area (Å²) in [7, 11) is 0. The average Bonchev–Trinajstić information content (AvgIpc) is 3.40. The summed E-state index contributed by atoms with van der Waals surface area (Å²) < 4.78 is 7.62. The Hall–Kier alpha value is -3.15. The summed E-state index contributed by atoms with van der Waals surface area (Å²) in [6.45, 7) is 12.8. The van der Waals surface area contributed by atoms with Gasteiger partial charge in [0.05, 0.1) is 17.7 Å². The molecule has 0 N–H and O–H groups in total. The van der Waals surface area contributed by atoms with Crippen molar-refractivity contribution in [3.8, 4) is 5.69 Å². The fourth-order valence-corrected chi connectivity index (χ4v) is 5.02. The molecule has 0 saturated heterocycles. The zero-order chi connectivity index (χ0) is 28.4. The first kappa shape index (κ1) is 30.4. The Morgan fingerprint density at radius 3 is 2.13 bits per heavy atom. The minimum atomic E-state index is -0.426. The van der Waals surface area contributed by atoms with Gasteiger partial charge < -0.3 is 14.1 Å². The van der Waals surface area contributed by atoms with Gasteiger partial charge in [0.2, 0.25) is 0 Å². The number of carbonyl (C=O) groups excluding carboxylic acids is 2. The maximum absolute atomic E-state index is 12.5. The zero-order valence-electron chi connectivity index (χ0n) is 24.8. The Labute approximate surface area is 234 Å². The van der Waals surface area contributed by atoms with Crippen LogP contribution in [0.5, 0.6) is 0 Å². The summed E-state index contributed by atoms with van der Waals surface area (Å²) in [5.74, 6) is -0.706. The van der Waals surface area contributed by atoms with E-state index in [9.17, 15) is 9.59 Å². The Morgan fingerprint density at radius 1 is 0.949 bits per heavy atom. The lowest BCUT2D eigenvalue weighted by atomic mass is 9.85. The van der Waals surface area contributed by atoms with E-state index in [4.69, 9.17) is 9.57 Å². The number of benzene rings is 1. The molecule has 0 radical (unpaired) electrons. The molecule has 0 spiro atoms. The van der Waals surface area contributed by atoms with Crippen molar-refractivity contribution in [3.05, 3.63) is 58.4 Å². The van der Waals surface area contributed by atoms with Crippen LogP contribution in [0.15, 0.2) is 41.1 Å². The van der Waals surface area contributed by atoms with E-state index in [-0.39, 0.29) is 11.4 Å². The number of rotatable bonds is 14. The summed E-state index contributed by atoms with van der Waals surface area (Å²) in [5, 5.41) is 4.01. The van der Waals surface area contributed by atoms with Gasteiger partial charge in [-0.25, -0.2) is 9.59 Å². The fraction of sp³-hybridized carbons (Fsp3) is 0.545. The van der Waals surface area contributed by atoms with Crippen LogP contribution in [-0.4, -0.2) is 28.8 Å². The second-order valence-corrected chi connectivity index (χ2v) is 11.7. The molecule has 0 atom stereocenters. The molecule has 1 aliphatic rings. The van der Waals surface area contributed by atoms with Crippen LogP contribution in [0.2, 0.25) is 0 Å². The number of hydrogen-bond acceptors (Lipinski definition) is 5. The summed E-state index contributed by atoms with van der Waals surface area (Å²) in [5.41, 5.74) is 5.27. The summed E-state index contributed by atoms with van der Waals surface area (Å²) >= 11 is 0. The van der Waals surface area contributed by atoms with E-state index < -0.39 is 5.97 Å². The van der Waals surface area contributed by atoms with E-state index >= 15 is 0 Å². The quantitative estimate of drug-likeness (QED) is 0.105. The topological polar surface area (TPSA) is 69.9 Å². The van der Waals surface area contributed by atoms with Gasteiger partial charge >= 0.3 is 11.9 Å². The summed E-state index contributed by atoms with van der Waals surface area (Å²) in [4.78, 5) is 29.9. The molecule has 39 heavy (non-hydrogen) atoms. The molecule has 1 aliphatic heterocycles. The van der Waals surface area contributed by atoms with Gasteiger partial charge in [-0.2, -0.15) is 0 Å². The van der Waals surface area contributed by atoms with Crippen LogP contribution >= 0.6 is 0 Å². The van der Waals surface area contributed by atoms with Crippen molar-refractivity contribution in [3.63, 3.8) is 0 Å². The van der Waals surface area contributed by atoms with E-state index in [1.165, 1.54) is 51.4 Å². The largest absolute Gasteiger partial charge is 0.462 e. The van der Waals surface area contributed by atoms with E-state index in [1.807, 2.05) is 71.0 Å². The van der Waals surface area contributed by atoms with Crippen LogP contribution in [0.4, 0.5) is 0 Å². The second-order valence-electron chi connectivity index (χ2n) is 11.7. The lowest BCUT2D eigenvalue weighted by Crippen LogP contribution is -2.21. The molecule has 0 fully saturated rings. The van der Waals surface area contributed by atoms with Crippen LogP contribution in [0.1, 0.15) is 119 Å². The van der Waals surface area contributed by atoms with Crippen molar-refractivity contribution < 1.29 is 19.2 Å². The van der Waals surface area contributed by atoms with Crippen molar-refractivity contribution in [2.45, 2.75) is 106 Å². The predicted molar refractivity (Wildman–Crippen MR) is 158 cm³/mol. The number of esters is 1. The van der Waals surface area contributed by atoms with Gasteiger partial charge in [-0.1, -0.05) is 90.6 Å².